The monoisotopic (exact) mass is 258 g/mol. The van der Waals surface area contributed by atoms with E-state index in [1.807, 2.05) is 13.0 Å². The molecule has 102 valence electrons. The Labute approximate surface area is 115 Å². The van der Waals surface area contributed by atoms with Crippen molar-refractivity contribution in [1.82, 2.24) is 10.3 Å². The lowest BCUT2D eigenvalue weighted by Crippen LogP contribution is -2.56. The number of aryl methyl sites for hydroxylation is 1. The van der Waals surface area contributed by atoms with Gasteiger partial charge in [0.2, 0.25) is 0 Å². The molecule has 0 radical (unpaired) electrons. The third-order valence-electron chi connectivity index (χ3n) is 3.99. The summed E-state index contributed by atoms with van der Waals surface area (Å²) in [5.74, 6) is 0.856. The number of piperazine rings is 1. The van der Waals surface area contributed by atoms with Crippen molar-refractivity contribution in [2.24, 2.45) is 0 Å². The van der Waals surface area contributed by atoms with Crippen LogP contribution in [0, 0.1) is 18.3 Å². The molecule has 19 heavy (non-hydrogen) atoms. The van der Waals surface area contributed by atoms with E-state index in [4.69, 9.17) is 0 Å². The molecule has 1 aliphatic heterocycles. The van der Waals surface area contributed by atoms with E-state index in [-0.39, 0.29) is 0 Å². The van der Waals surface area contributed by atoms with E-state index in [1.54, 1.807) is 6.20 Å². The van der Waals surface area contributed by atoms with Gasteiger partial charge < -0.3 is 10.2 Å². The van der Waals surface area contributed by atoms with Gasteiger partial charge in [-0.25, -0.2) is 4.98 Å². The van der Waals surface area contributed by atoms with Crippen molar-refractivity contribution >= 4 is 5.82 Å². The maximum absolute atomic E-state index is 9.38. The third kappa shape index (κ3) is 2.71. The van der Waals surface area contributed by atoms with Crippen LogP contribution < -0.4 is 10.2 Å². The second-order valence-electron chi connectivity index (χ2n) is 5.17. The average Bonchev–Trinajstić information content (AvgIpc) is 2.46. The topological polar surface area (TPSA) is 52.0 Å². The number of aromatic nitrogens is 1. The SMILES string of the molecule is CCC1CN(c2nccc(C)c2C#N)C(CC)CN1. The molecule has 2 rings (SSSR count). The number of nitrogens with one attached hydrogen (secondary N) is 1. The summed E-state index contributed by atoms with van der Waals surface area (Å²) in [5, 5.41) is 12.9. The van der Waals surface area contributed by atoms with Crippen LogP contribution in [0.1, 0.15) is 37.8 Å². The second kappa shape index (κ2) is 6.03. The van der Waals surface area contributed by atoms with Crippen LogP contribution in [0.3, 0.4) is 0 Å². The molecule has 4 heteroatoms. The predicted octanol–water partition coefficient (Wildman–Crippen LogP) is 2.23. The Bertz CT molecular complexity index is 478. The Morgan fingerprint density at radius 3 is 2.89 bits per heavy atom. The van der Waals surface area contributed by atoms with Crippen molar-refractivity contribution in [3.63, 3.8) is 0 Å². The van der Waals surface area contributed by atoms with Crippen LogP contribution in [0.4, 0.5) is 5.82 Å². The van der Waals surface area contributed by atoms with Gasteiger partial charge in [-0.05, 0) is 31.4 Å². The summed E-state index contributed by atoms with van der Waals surface area (Å²) in [6, 6.07) is 5.12. The number of anilines is 1. The summed E-state index contributed by atoms with van der Waals surface area (Å²) in [7, 11) is 0. The van der Waals surface area contributed by atoms with E-state index >= 15 is 0 Å². The smallest absolute Gasteiger partial charge is 0.147 e. The quantitative estimate of drug-likeness (QED) is 0.903. The highest BCUT2D eigenvalue weighted by molar-refractivity contribution is 5.58. The minimum atomic E-state index is 0.421. The van der Waals surface area contributed by atoms with Crippen molar-refractivity contribution < 1.29 is 0 Å². The Balaban J connectivity index is 2.37. The highest BCUT2D eigenvalue weighted by Gasteiger charge is 2.28. The van der Waals surface area contributed by atoms with Gasteiger partial charge in [-0.1, -0.05) is 13.8 Å². The molecular weight excluding hydrogens is 236 g/mol. The average molecular weight is 258 g/mol. The summed E-state index contributed by atoms with van der Waals surface area (Å²) in [5.41, 5.74) is 1.73. The van der Waals surface area contributed by atoms with E-state index in [1.165, 1.54) is 0 Å². The van der Waals surface area contributed by atoms with Crippen molar-refractivity contribution in [3.05, 3.63) is 23.4 Å². The molecule has 2 atom stereocenters. The zero-order chi connectivity index (χ0) is 13.8. The van der Waals surface area contributed by atoms with Gasteiger partial charge in [0.15, 0.2) is 0 Å². The Morgan fingerprint density at radius 2 is 2.26 bits per heavy atom. The summed E-state index contributed by atoms with van der Waals surface area (Å²) in [6.07, 6.45) is 3.96. The maximum atomic E-state index is 9.38. The van der Waals surface area contributed by atoms with E-state index in [9.17, 15) is 5.26 Å². The van der Waals surface area contributed by atoms with Crippen LogP contribution in [0.15, 0.2) is 12.3 Å². The van der Waals surface area contributed by atoms with Gasteiger partial charge in [-0.3, -0.25) is 0 Å². The first-order valence-corrected chi connectivity index (χ1v) is 7.06. The third-order valence-corrected chi connectivity index (χ3v) is 3.99. The van der Waals surface area contributed by atoms with Gasteiger partial charge in [-0.2, -0.15) is 5.26 Å². The Hall–Kier alpha value is -1.60. The Morgan fingerprint density at radius 1 is 1.47 bits per heavy atom. The number of rotatable bonds is 3. The number of nitrogens with zero attached hydrogens (tertiary/aromatic N) is 3. The molecule has 1 aliphatic rings. The van der Waals surface area contributed by atoms with E-state index in [2.05, 4.69) is 35.1 Å². The highest BCUT2D eigenvalue weighted by atomic mass is 15.3. The molecule has 0 spiro atoms. The molecule has 0 saturated carbocycles. The molecule has 1 N–H and O–H groups in total. The van der Waals surface area contributed by atoms with E-state index < -0.39 is 0 Å². The summed E-state index contributed by atoms with van der Waals surface area (Å²) in [6.45, 7) is 8.25. The molecule has 2 unspecified atom stereocenters. The zero-order valence-corrected chi connectivity index (χ0v) is 12.0. The molecule has 0 aromatic carbocycles. The van der Waals surface area contributed by atoms with Crippen LogP contribution >= 0.6 is 0 Å². The van der Waals surface area contributed by atoms with Crippen LogP contribution in [0.2, 0.25) is 0 Å². The van der Waals surface area contributed by atoms with Crippen molar-refractivity contribution in [1.29, 1.82) is 5.26 Å². The van der Waals surface area contributed by atoms with Crippen LogP contribution in [0.5, 0.6) is 0 Å². The molecule has 0 bridgehead atoms. The van der Waals surface area contributed by atoms with Gasteiger partial charge >= 0.3 is 0 Å². The van der Waals surface area contributed by atoms with E-state index in [0.717, 1.165) is 42.9 Å². The normalized spacial score (nSPS) is 23.2. The fraction of sp³-hybridized carbons (Fsp3) is 0.600. The first-order valence-electron chi connectivity index (χ1n) is 7.06. The van der Waals surface area contributed by atoms with E-state index in [0.29, 0.717) is 12.1 Å². The fourth-order valence-electron chi connectivity index (χ4n) is 2.66. The highest BCUT2D eigenvalue weighted by Crippen LogP contribution is 2.25. The Kier molecular flexibility index (Phi) is 4.39. The lowest BCUT2D eigenvalue weighted by Gasteiger charge is -2.41. The predicted molar refractivity (Wildman–Crippen MR) is 77.2 cm³/mol. The van der Waals surface area contributed by atoms with Gasteiger partial charge in [-0.15, -0.1) is 0 Å². The van der Waals surface area contributed by atoms with Crippen molar-refractivity contribution in [2.75, 3.05) is 18.0 Å². The van der Waals surface area contributed by atoms with Gasteiger partial charge in [0, 0.05) is 31.4 Å². The fourth-order valence-corrected chi connectivity index (χ4v) is 2.66. The number of nitriles is 1. The van der Waals surface area contributed by atoms with Crippen LogP contribution in [0.25, 0.3) is 0 Å². The molecule has 1 saturated heterocycles. The van der Waals surface area contributed by atoms with Gasteiger partial charge in [0.25, 0.3) is 0 Å². The largest absolute Gasteiger partial charge is 0.350 e. The van der Waals surface area contributed by atoms with Crippen LogP contribution in [-0.2, 0) is 0 Å². The lowest BCUT2D eigenvalue weighted by atomic mass is 10.0. The molecular formula is C15H22N4. The molecule has 0 amide bonds. The molecule has 2 heterocycles. The van der Waals surface area contributed by atoms with Crippen molar-refractivity contribution in [2.45, 2.75) is 45.7 Å². The number of pyridine rings is 1. The molecule has 1 fully saturated rings. The first-order chi connectivity index (χ1) is 9.21. The lowest BCUT2D eigenvalue weighted by molar-refractivity contribution is 0.376. The minimum Gasteiger partial charge on any atom is -0.350 e. The zero-order valence-electron chi connectivity index (χ0n) is 12.0. The number of hydrogen-bond acceptors (Lipinski definition) is 4. The molecule has 4 nitrogen and oxygen atoms in total. The molecule has 1 aromatic heterocycles. The van der Waals surface area contributed by atoms with Gasteiger partial charge in [0.1, 0.15) is 11.9 Å². The minimum absolute atomic E-state index is 0.421. The summed E-state index contributed by atoms with van der Waals surface area (Å²) < 4.78 is 0. The van der Waals surface area contributed by atoms with Crippen LogP contribution in [-0.4, -0.2) is 30.2 Å². The standard InChI is InChI=1S/C15H22N4/c1-4-12-10-19(13(5-2)9-18-12)15-14(8-16)11(3)6-7-17-15/h6-7,12-13,18H,4-5,9-10H2,1-3H3. The van der Waals surface area contributed by atoms with Gasteiger partial charge in [0.05, 0.1) is 5.56 Å². The summed E-state index contributed by atoms with van der Waals surface area (Å²) in [4.78, 5) is 6.79. The first kappa shape index (κ1) is 13.8. The maximum Gasteiger partial charge on any atom is 0.147 e. The number of hydrogen-bond donors (Lipinski definition) is 1. The van der Waals surface area contributed by atoms with Crippen molar-refractivity contribution in [3.8, 4) is 6.07 Å². The molecule has 1 aromatic rings. The molecule has 0 aliphatic carbocycles. The second-order valence-corrected chi connectivity index (χ2v) is 5.17. The summed E-state index contributed by atoms with van der Waals surface area (Å²) >= 11 is 0.